The van der Waals surface area contributed by atoms with E-state index in [0.717, 1.165) is 48.0 Å². The van der Waals surface area contributed by atoms with Crippen LogP contribution in [0.2, 0.25) is 0 Å². The van der Waals surface area contributed by atoms with Gasteiger partial charge in [0.25, 0.3) is 5.91 Å². The number of hydrogen-bond donors (Lipinski definition) is 2. The fourth-order valence-electron chi connectivity index (χ4n) is 2.46. The molecule has 0 aromatic heterocycles. The summed E-state index contributed by atoms with van der Waals surface area (Å²) < 4.78 is 6.80. The highest BCUT2D eigenvalue weighted by Gasteiger charge is 2.13. The van der Waals surface area contributed by atoms with E-state index in [0.29, 0.717) is 19.3 Å². The van der Waals surface area contributed by atoms with Gasteiger partial charge >= 0.3 is 0 Å². The first kappa shape index (κ1) is 16.5. The molecule has 1 amide bonds. The lowest BCUT2D eigenvalue weighted by Gasteiger charge is -2.22. The molecule has 0 atom stereocenters. The van der Waals surface area contributed by atoms with E-state index in [1.807, 2.05) is 25.1 Å². The number of carbonyl (C=O) groups is 1. The van der Waals surface area contributed by atoms with Crippen LogP contribution in [0, 0.1) is 6.92 Å². The summed E-state index contributed by atoms with van der Waals surface area (Å²) in [6.07, 6.45) is 3.41. The third-order valence-corrected chi connectivity index (χ3v) is 4.17. The number of benzene rings is 1. The second kappa shape index (κ2) is 8.51. The molecule has 0 bridgehead atoms. The zero-order valence-corrected chi connectivity index (χ0v) is 14.0. The van der Waals surface area contributed by atoms with E-state index in [4.69, 9.17) is 4.74 Å². The van der Waals surface area contributed by atoms with Gasteiger partial charge < -0.3 is 15.4 Å². The maximum Gasteiger partial charge on any atom is 0.251 e. The van der Waals surface area contributed by atoms with Gasteiger partial charge in [0.05, 0.1) is 6.10 Å². The van der Waals surface area contributed by atoms with Crippen molar-refractivity contribution in [2.24, 2.45) is 0 Å². The van der Waals surface area contributed by atoms with Crippen LogP contribution in [0.4, 0.5) is 0 Å². The predicted molar refractivity (Wildman–Crippen MR) is 87.7 cm³/mol. The monoisotopic (exact) mass is 354 g/mol. The van der Waals surface area contributed by atoms with Gasteiger partial charge in [0.15, 0.2) is 0 Å². The Morgan fingerprint density at radius 1 is 1.43 bits per heavy atom. The average molecular weight is 355 g/mol. The highest BCUT2D eigenvalue weighted by atomic mass is 79.9. The molecule has 1 fully saturated rings. The van der Waals surface area contributed by atoms with Crippen molar-refractivity contribution in [3.63, 3.8) is 0 Å². The summed E-state index contributed by atoms with van der Waals surface area (Å²) in [5, 5.41) is 6.27. The largest absolute Gasteiger partial charge is 0.378 e. The number of aryl methyl sites for hydroxylation is 1. The first-order chi connectivity index (χ1) is 10.2. The van der Waals surface area contributed by atoms with Crippen LogP contribution in [0.5, 0.6) is 0 Å². The van der Waals surface area contributed by atoms with Crippen LogP contribution >= 0.6 is 15.9 Å². The molecule has 1 saturated heterocycles. The van der Waals surface area contributed by atoms with Crippen molar-refractivity contribution in [3.05, 3.63) is 33.8 Å². The van der Waals surface area contributed by atoms with Crippen molar-refractivity contribution in [2.75, 3.05) is 26.2 Å². The Morgan fingerprint density at radius 2 is 2.19 bits per heavy atom. The van der Waals surface area contributed by atoms with Crippen LogP contribution in [0.15, 0.2) is 22.7 Å². The van der Waals surface area contributed by atoms with Gasteiger partial charge in [0.2, 0.25) is 0 Å². The van der Waals surface area contributed by atoms with Crippen molar-refractivity contribution in [2.45, 2.75) is 32.3 Å². The molecule has 0 spiro atoms. The van der Waals surface area contributed by atoms with Crippen molar-refractivity contribution in [3.8, 4) is 0 Å². The van der Waals surface area contributed by atoms with Crippen molar-refractivity contribution < 1.29 is 9.53 Å². The summed E-state index contributed by atoms with van der Waals surface area (Å²) in [6.45, 7) is 5.40. The predicted octanol–water partition coefficient (Wildman–Crippen LogP) is 2.65. The van der Waals surface area contributed by atoms with Crippen LogP contribution in [0.25, 0.3) is 0 Å². The molecule has 0 unspecified atom stereocenters. The molecule has 1 heterocycles. The minimum Gasteiger partial charge on any atom is -0.378 e. The van der Waals surface area contributed by atoms with Gasteiger partial charge in [-0.25, -0.2) is 0 Å². The van der Waals surface area contributed by atoms with Crippen molar-refractivity contribution >= 4 is 21.8 Å². The Kier molecular flexibility index (Phi) is 6.67. The molecule has 21 heavy (non-hydrogen) atoms. The van der Waals surface area contributed by atoms with E-state index in [1.54, 1.807) is 0 Å². The zero-order chi connectivity index (χ0) is 15.1. The number of piperidine rings is 1. The Bertz CT molecular complexity index is 473. The van der Waals surface area contributed by atoms with Crippen LogP contribution in [-0.4, -0.2) is 38.3 Å². The minimum absolute atomic E-state index is 0.0122. The lowest BCUT2D eigenvalue weighted by molar-refractivity contribution is 0.0318. The van der Waals surface area contributed by atoms with Crippen LogP contribution in [0.1, 0.15) is 35.2 Å². The number of ether oxygens (including phenoxy) is 1. The average Bonchev–Trinajstić information content (AvgIpc) is 2.47. The van der Waals surface area contributed by atoms with E-state index in [9.17, 15) is 4.79 Å². The number of halogens is 1. The second-order valence-electron chi connectivity index (χ2n) is 5.39. The quantitative estimate of drug-likeness (QED) is 0.772. The fraction of sp³-hybridized carbons (Fsp3) is 0.562. The summed E-state index contributed by atoms with van der Waals surface area (Å²) in [7, 11) is 0. The number of nitrogens with one attached hydrogen (secondary N) is 2. The van der Waals surface area contributed by atoms with Gasteiger partial charge in [-0.15, -0.1) is 0 Å². The number of hydrogen-bond acceptors (Lipinski definition) is 3. The summed E-state index contributed by atoms with van der Waals surface area (Å²) in [5.74, 6) is -0.0122. The summed E-state index contributed by atoms with van der Waals surface area (Å²) in [6, 6.07) is 5.69. The van der Waals surface area contributed by atoms with Gasteiger partial charge in [0.1, 0.15) is 0 Å². The van der Waals surface area contributed by atoms with E-state index in [-0.39, 0.29) is 5.91 Å². The normalized spacial score (nSPS) is 15.9. The Hall–Kier alpha value is -0.910. The van der Waals surface area contributed by atoms with Gasteiger partial charge in [-0.3, -0.25) is 4.79 Å². The minimum atomic E-state index is -0.0122. The van der Waals surface area contributed by atoms with Crippen molar-refractivity contribution in [1.29, 1.82) is 0 Å². The first-order valence-electron chi connectivity index (χ1n) is 7.53. The summed E-state index contributed by atoms with van der Waals surface area (Å²) in [5.41, 5.74) is 1.71. The van der Waals surface area contributed by atoms with Gasteiger partial charge in [-0.2, -0.15) is 0 Å². The van der Waals surface area contributed by atoms with Gasteiger partial charge in [-0.05, 0) is 63.0 Å². The molecule has 2 rings (SSSR count). The third kappa shape index (κ3) is 5.41. The molecular formula is C16H23BrN2O2. The molecule has 0 radical (unpaired) electrons. The van der Waals surface area contributed by atoms with E-state index in [1.165, 1.54) is 0 Å². The molecule has 116 valence electrons. The maximum absolute atomic E-state index is 12.1. The van der Waals surface area contributed by atoms with Gasteiger partial charge in [0, 0.05) is 23.2 Å². The van der Waals surface area contributed by atoms with Crippen LogP contribution in [-0.2, 0) is 4.74 Å². The lowest BCUT2D eigenvalue weighted by atomic mass is 10.1. The molecular weight excluding hydrogens is 332 g/mol. The Labute approximate surface area is 134 Å². The van der Waals surface area contributed by atoms with Crippen molar-refractivity contribution in [1.82, 2.24) is 10.6 Å². The molecule has 1 aliphatic rings. The first-order valence-corrected chi connectivity index (χ1v) is 8.33. The zero-order valence-electron chi connectivity index (χ0n) is 12.5. The highest BCUT2D eigenvalue weighted by molar-refractivity contribution is 9.10. The second-order valence-corrected chi connectivity index (χ2v) is 6.30. The van der Waals surface area contributed by atoms with Crippen LogP contribution in [0.3, 0.4) is 0 Å². The van der Waals surface area contributed by atoms with E-state index >= 15 is 0 Å². The molecule has 0 saturated carbocycles. The summed E-state index contributed by atoms with van der Waals surface area (Å²) in [4.78, 5) is 12.1. The molecule has 0 aliphatic carbocycles. The maximum atomic E-state index is 12.1. The smallest absolute Gasteiger partial charge is 0.251 e. The summed E-state index contributed by atoms with van der Waals surface area (Å²) >= 11 is 3.40. The van der Waals surface area contributed by atoms with E-state index < -0.39 is 0 Å². The number of amides is 1. The Balaban J connectivity index is 1.64. The molecule has 5 heteroatoms. The molecule has 1 aromatic carbocycles. The third-order valence-electron chi connectivity index (χ3n) is 3.68. The molecule has 1 aliphatic heterocycles. The number of rotatable bonds is 6. The molecule has 2 N–H and O–H groups in total. The SMILES string of the molecule is Cc1cc(Br)ccc1C(=O)NCCCOC1CCNCC1. The highest BCUT2D eigenvalue weighted by Crippen LogP contribution is 2.15. The topological polar surface area (TPSA) is 50.4 Å². The number of carbonyl (C=O) groups excluding carboxylic acids is 1. The molecule has 1 aromatic rings. The van der Waals surface area contributed by atoms with Crippen LogP contribution < -0.4 is 10.6 Å². The fourth-order valence-corrected chi connectivity index (χ4v) is 2.94. The Morgan fingerprint density at radius 3 is 2.90 bits per heavy atom. The van der Waals surface area contributed by atoms with E-state index in [2.05, 4.69) is 26.6 Å². The van der Waals surface area contributed by atoms with Gasteiger partial charge in [-0.1, -0.05) is 15.9 Å². The lowest BCUT2D eigenvalue weighted by Crippen LogP contribution is -2.33. The molecule has 4 nitrogen and oxygen atoms in total. The standard InChI is InChI=1S/C16H23BrN2O2/c1-12-11-13(17)3-4-15(12)16(20)19-7-2-10-21-14-5-8-18-9-6-14/h3-4,11,14,18H,2,5-10H2,1H3,(H,19,20).